The molecule has 37 heavy (non-hydrogen) atoms. The van der Waals surface area contributed by atoms with Crippen molar-refractivity contribution in [2.45, 2.75) is 59.5 Å². The van der Waals surface area contributed by atoms with E-state index in [2.05, 4.69) is 53.1 Å². The van der Waals surface area contributed by atoms with E-state index in [1.165, 1.54) is 5.56 Å². The minimum atomic E-state index is -0.516. The summed E-state index contributed by atoms with van der Waals surface area (Å²) in [5.41, 5.74) is 4.98. The average molecular weight is 502 g/mol. The molecule has 3 heterocycles. The number of hydrogen-bond donors (Lipinski definition) is 0. The number of aryl methyl sites for hydroxylation is 2. The molecule has 0 N–H and O–H groups in total. The van der Waals surface area contributed by atoms with Crippen LogP contribution in [0.4, 0.5) is 0 Å². The zero-order chi connectivity index (χ0) is 26.4. The van der Waals surface area contributed by atoms with E-state index in [-0.39, 0.29) is 18.5 Å². The van der Waals surface area contributed by atoms with Crippen LogP contribution in [0.15, 0.2) is 59.4 Å². The molecule has 0 spiro atoms. The van der Waals surface area contributed by atoms with Crippen molar-refractivity contribution in [3.8, 4) is 22.6 Å². The molecule has 0 saturated carbocycles. The highest BCUT2D eigenvalue weighted by atomic mass is 16.6. The first-order valence-corrected chi connectivity index (χ1v) is 12.8. The van der Waals surface area contributed by atoms with Gasteiger partial charge in [-0.2, -0.15) is 0 Å². The van der Waals surface area contributed by atoms with Gasteiger partial charge in [-0.05, 0) is 69.2 Å². The Morgan fingerprint density at radius 3 is 2.51 bits per heavy atom. The third-order valence-electron chi connectivity index (χ3n) is 6.03. The number of aromatic nitrogens is 3. The summed E-state index contributed by atoms with van der Waals surface area (Å²) in [4.78, 5) is 25.6. The van der Waals surface area contributed by atoms with Gasteiger partial charge in [0.15, 0.2) is 5.76 Å². The van der Waals surface area contributed by atoms with Gasteiger partial charge in [0.2, 0.25) is 5.71 Å². The fourth-order valence-corrected chi connectivity index (χ4v) is 4.22. The van der Waals surface area contributed by atoms with Gasteiger partial charge < -0.3 is 13.9 Å². The van der Waals surface area contributed by atoms with E-state index in [0.717, 1.165) is 47.2 Å². The highest BCUT2D eigenvalue weighted by molar-refractivity contribution is 6.01. The predicted octanol–water partition coefficient (Wildman–Crippen LogP) is 6.44. The molecule has 0 saturated heterocycles. The standard InChI is InChI=1S/C30H35N3O4/c1-6-21-11-13-22(14-12-21)26-27-23(15-10-20(2)17-35-18-25(34)37-30(3,4)5)32-19-33-29(27)36-28(26)24-9-7-8-16-31-24/h7-9,11-14,16,19-20H,6,10,15,17-18H2,1-5H3/t20-/m0/s1. The van der Waals surface area contributed by atoms with E-state index >= 15 is 0 Å². The van der Waals surface area contributed by atoms with Crippen LogP contribution in [0.3, 0.4) is 0 Å². The van der Waals surface area contributed by atoms with Gasteiger partial charge in [-0.25, -0.2) is 14.8 Å². The zero-order valence-corrected chi connectivity index (χ0v) is 22.3. The van der Waals surface area contributed by atoms with Gasteiger partial charge in [0.25, 0.3) is 0 Å². The molecular formula is C30H35N3O4. The lowest BCUT2D eigenvalue weighted by Crippen LogP contribution is -2.27. The summed E-state index contributed by atoms with van der Waals surface area (Å²) in [6, 6.07) is 14.3. The lowest BCUT2D eigenvalue weighted by atomic mass is 9.96. The number of nitrogens with zero attached hydrogens (tertiary/aromatic N) is 3. The molecule has 0 aliphatic rings. The Hall–Kier alpha value is -3.58. The number of furan rings is 1. The van der Waals surface area contributed by atoms with Gasteiger partial charge in [-0.1, -0.05) is 44.2 Å². The average Bonchev–Trinajstić information content (AvgIpc) is 3.27. The summed E-state index contributed by atoms with van der Waals surface area (Å²) in [5.74, 6) is 0.564. The number of ether oxygens (including phenoxy) is 2. The van der Waals surface area contributed by atoms with Gasteiger partial charge in [0.05, 0.1) is 11.1 Å². The Labute approximate surface area is 218 Å². The predicted molar refractivity (Wildman–Crippen MR) is 144 cm³/mol. The van der Waals surface area contributed by atoms with Crippen LogP contribution >= 0.6 is 0 Å². The van der Waals surface area contributed by atoms with Crippen LogP contribution in [-0.2, 0) is 27.1 Å². The van der Waals surface area contributed by atoms with Crippen molar-refractivity contribution in [3.05, 3.63) is 66.2 Å². The molecule has 3 aromatic heterocycles. The Morgan fingerprint density at radius 1 is 1.05 bits per heavy atom. The van der Waals surface area contributed by atoms with Crippen molar-refractivity contribution in [2.24, 2.45) is 5.92 Å². The molecule has 0 fully saturated rings. The van der Waals surface area contributed by atoms with E-state index in [9.17, 15) is 4.79 Å². The second kappa shape index (κ2) is 11.6. The Kier molecular flexibility index (Phi) is 8.34. The summed E-state index contributed by atoms with van der Waals surface area (Å²) < 4.78 is 17.2. The maximum Gasteiger partial charge on any atom is 0.332 e. The molecule has 194 valence electrons. The van der Waals surface area contributed by atoms with Crippen molar-refractivity contribution in [3.63, 3.8) is 0 Å². The molecule has 1 atom stereocenters. The Bertz CT molecular complexity index is 1320. The second-order valence-corrected chi connectivity index (χ2v) is 10.3. The molecule has 0 radical (unpaired) electrons. The highest BCUT2D eigenvalue weighted by Gasteiger charge is 2.23. The van der Waals surface area contributed by atoms with Gasteiger partial charge >= 0.3 is 5.97 Å². The topological polar surface area (TPSA) is 87.3 Å². The molecule has 0 unspecified atom stereocenters. The van der Waals surface area contributed by atoms with Crippen LogP contribution in [0.2, 0.25) is 0 Å². The van der Waals surface area contributed by atoms with Crippen LogP contribution in [0.5, 0.6) is 0 Å². The number of carbonyl (C=O) groups excluding carboxylic acids is 1. The lowest BCUT2D eigenvalue weighted by Gasteiger charge is -2.19. The van der Waals surface area contributed by atoms with Crippen LogP contribution < -0.4 is 0 Å². The van der Waals surface area contributed by atoms with Crippen LogP contribution in [0.25, 0.3) is 33.7 Å². The minimum absolute atomic E-state index is 0.0492. The molecular weight excluding hydrogens is 466 g/mol. The minimum Gasteiger partial charge on any atom is -0.458 e. The van der Waals surface area contributed by atoms with Crippen LogP contribution in [-0.4, -0.2) is 39.7 Å². The second-order valence-electron chi connectivity index (χ2n) is 10.3. The third-order valence-corrected chi connectivity index (χ3v) is 6.03. The number of hydrogen-bond acceptors (Lipinski definition) is 7. The number of esters is 1. The molecule has 0 bridgehead atoms. The van der Waals surface area contributed by atoms with Crippen molar-refractivity contribution in [1.82, 2.24) is 15.0 Å². The summed E-state index contributed by atoms with van der Waals surface area (Å²) in [5, 5.41) is 0.911. The Morgan fingerprint density at radius 2 is 1.84 bits per heavy atom. The van der Waals surface area contributed by atoms with E-state index in [4.69, 9.17) is 13.9 Å². The maximum atomic E-state index is 11.9. The molecule has 4 rings (SSSR count). The zero-order valence-electron chi connectivity index (χ0n) is 22.3. The largest absolute Gasteiger partial charge is 0.458 e. The SMILES string of the molecule is CCc1ccc(-c2c(-c3ccccn3)oc3ncnc(CC[C@H](C)COCC(=O)OC(C)(C)C)c23)cc1. The van der Waals surface area contributed by atoms with E-state index in [1.54, 1.807) is 12.5 Å². The molecule has 0 aliphatic heterocycles. The number of benzene rings is 1. The molecule has 7 heteroatoms. The number of pyridine rings is 1. The monoisotopic (exact) mass is 501 g/mol. The molecule has 7 nitrogen and oxygen atoms in total. The van der Waals surface area contributed by atoms with Crippen LogP contribution in [0.1, 0.15) is 52.3 Å². The van der Waals surface area contributed by atoms with Crippen LogP contribution in [0, 0.1) is 5.92 Å². The fraction of sp³-hybridized carbons (Fsp3) is 0.400. The molecule has 1 aromatic carbocycles. The van der Waals surface area contributed by atoms with Gasteiger partial charge in [-0.3, -0.25) is 4.98 Å². The summed E-state index contributed by atoms with van der Waals surface area (Å²) in [7, 11) is 0. The summed E-state index contributed by atoms with van der Waals surface area (Å²) in [6.45, 7) is 10.2. The summed E-state index contributed by atoms with van der Waals surface area (Å²) in [6.07, 6.45) is 5.84. The van der Waals surface area contributed by atoms with Crippen molar-refractivity contribution in [2.75, 3.05) is 13.2 Å². The Balaban J connectivity index is 1.57. The molecule has 0 aliphatic carbocycles. The summed E-state index contributed by atoms with van der Waals surface area (Å²) >= 11 is 0. The van der Waals surface area contributed by atoms with Gasteiger partial charge in [0, 0.05) is 18.4 Å². The van der Waals surface area contributed by atoms with Gasteiger partial charge in [0.1, 0.15) is 24.2 Å². The van der Waals surface area contributed by atoms with Crippen molar-refractivity contribution < 1.29 is 18.7 Å². The normalized spacial score (nSPS) is 12.6. The number of rotatable bonds is 10. The van der Waals surface area contributed by atoms with Gasteiger partial charge in [-0.15, -0.1) is 0 Å². The van der Waals surface area contributed by atoms with E-state index in [0.29, 0.717) is 18.1 Å². The molecule has 4 aromatic rings. The smallest absolute Gasteiger partial charge is 0.332 e. The number of carbonyl (C=O) groups is 1. The number of fused-ring (bicyclic) bond motifs is 1. The lowest BCUT2D eigenvalue weighted by molar-refractivity contribution is -0.160. The first-order chi connectivity index (χ1) is 17.7. The van der Waals surface area contributed by atoms with Crippen molar-refractivity contribution >= 4 is 17.1 Å². The van der Waals surface area contributed by atoms with E-state index in [1.807, 2.05) is 39.0 Å². The first-order valence-electron chi connectivity index (χ1n) is 12.8. The van der Waals surface area contributed by atoms with E-state index < -0.39 is 5.60 Å². The maximum absolute atomic E-state index is 11.9. The highest BCUT2D eigenvalue weighted by Crippen LogP contribution is 2.41. The van der Waals surface area contributed by atoms with Crippen molar-refractivity contribution in [1.29, 1.82) is 0 Å². The molecule has 0 amide bonds. The quantitative estimate of drug-likeness (QED) is 0.231. The first kappa shape index (κ1) is 26.5. The third kappa shape index (κ3) is 6.80. The fourth-order valence-electron chi connectivity index (χ4n) is 4.22.